The fraction of sp³-hybridized carbons (Fsp3) is 0.250. The summed E-state index contributed by atoms with van der Waals surface area (Å²) in [4.78, 5) is 15.2. The second kappa shape index (κ2) is 6.57. The molecule has 26 heavy (non-hydrogen) atoms. The number of nitrogens with one attached hydrogen (secondary N) is 2. The number of thiophene rings is 1. The molecule has 1 aromatic heterocycles. The number of likely N-dealkylation sites (N-methyl/N-ethyl adjacent to an activating group) is 1. The molecule has 6 heteroatoms. The van der Waals surface area contributed by atoms with Crippen LogP contribution in [0, 0.1) is 5.41 Å². The van der Waals surface area contributed by atoms with Crippen LogP contribution in [0.4, 0.5) is 0 Å². The first kappa shape index (κ1) is 18.1. The van der Waals surface area contributed by atoms with Crippen molar-refractivity contribution in [3.05, 3.63) is 59.1 Å². The number of nitrogens with zero attached hydrogens (tertiary/aromatic N) is 1. The topological polar surface area (TPSA) is 76.4 Å². The zero-order valence-corrected chi connectivity index (χ0v) is 15.8. The summed E-state index contributed by atoms with van der Waals surface area (Å²) in [5.41, 5.74) is 4.94. The van der Waals surface area contributed by atoms with Crippen LogP contribution in [0.2, 0.25) is 0 Å². The van der Waals surface area contributed by atoms with Gasteiger partial charge in [0.1, 0.15) is 5.54 Å². The van der Waals surface area contributed by atoms with E-state index in [0.29, 0.717) is 0 Å². The Hall–Kier alpha value is -2.66. The number of carbonyl (C=O) groups is 1. The fourth-order valence-corrected chi connectivity index (χ4v) is 4.04. The molecule has 0 saturated carbocycles. The average Bonchev–Trinajstić information content (AvgIpc) is 3.15. The molecule has 0 aliphatic carbocycles. The zero-order chi connectivity index (χ0) is 19.1. The first-order valence-electron chi connectivity index (χ1n) is 8.18. The van der Waals surface area contributed by atoms with E-state index < -0.39 is 17.6 Å². The van der Waals surface area contributed by atoms with Gasteiger partial charge in [-0.15, -0.1) is 17.1 Å². The van der Waals surface area contributed by atoms with Crippen LogP contribution in [-0.2, 0) is 10.3 Å². The van der Waals surface area contributed by atoms with E-state index >= 15 is 0 Å². The Labute approximate surface area is 156 Å². The number of aliphatic hydroxyl groups is 1. The van der Waals surface area contributed by atoms with Crippen LogP contribution < -0.4 is 5.32 Å². The number of rotatable bonds is 3. The van der Waals surface area contributed by atoms with Gasteiger partial charge in [-0.3, -0.25) is 15.1 Å². The Kier molecular flexibility index (Phi) is 4.59. The van der Waals surface area contributed by atoms with E-state index in [0.717, 1.165) is 31.4 Å². The first-order chi connectivity index (χ1) is 12.3. The number of allylic oxidation sites excluding steroid dienone is 1. The van der Waals surface area contributed by atoms with Crippen LogP contribution in [0.5, 0.6) is 0 Å². The van der Waals surface area contributed by atoms with Gasteiger partial charge in [0.05, 0.1) is 0 Å². The molecule has 2 atom stereocenters. The second-order valence-corrected chi connectivity index (χ2v) is 7.61. The molecule has 3 rings (SSSR count). The lowest BCUT2D eigenvalue weighted by molar-refractivity contribution is -0.142. The van der Waals surface area contributed by atoms with Crippen molar-refractivity contribution < 1.29 is 9.90 Å². The number of hydrogen-bond acceptors (Lipinski definition) is 4. The summed E-state index contributed by atoms with van der Waals surface area (Å²) in [6.45, 7) is 7.40. The molecule has 2 heterocycles. The highest BCUT2D eigenvalue weighted by molar-refractivity contribution is 7.15. The Morgan fingerprint density at radius 1 is 1.42 bits per heavy atom. The van der Waals surface area contributed by atoms with E-state index in [2.05, 4.69) is 23.7 Å². The highest BCUT2D eigenvalue weighted by Crippen LogP contribution is 2.38. The molecule has 2 aromatic rings. The van der Waals surface area contributed by atoms with Gasteiger partial charge in [-0.05, 0) is 48.7 Å². The Morgan fingerprint density at radius 3 is 2.85 bits per heavy atom. The highest BCUT2D eigenvalue weighted by atomic mass is 32.1. The Morgan fingerprint density at radius 2 is 2.15 bits per heavy atom. The third-order valence-corrected chi connectivity index (χ3v) is 6.16. The van der Waals surface area contributed by atoms with Gasteiger partial charge >= 0.3 is 0 Å². The third-order valence-electron chi connectivity index (χ3n) is 4.79. The summed E-state index contributed by atoms with van der Waals surface area (Å²) >= 11 is 1.49. The summed E-state index contributed by atoms with van der Waals surface area (Å²) in [6, 6.07) is 11.9. The van der Waals surface area contributed by atoms with Gasteiger partial charge in [0, 0.05) is 16.8 Å². The normalized spacial score (nSPS) is 22.8. The molecular weight excluding hydrogens is 346 g/mol. The summed E-state index contributed by atoms with van der Waals surface area (Å²) in [7, 11) is 1.47. The van der Waals surface area contributed by atoms with Crippen LogP contribution in [0.1, 0.15) is 24.3 Å². The van der Waals surface area contributed by atoms with Crippen molar-refractivity contribution >= 4 is 28.8 Å². The second-order valence-electron chi connectivity index (χ2n) is 6.52. The van der Waals surface area contributed by atoms with Crippen molar-refractivity contribution in [3.63, 3.8) is 0 Å². The van der Waals surface area contributed by atoms with Crippen molar-refractivity contribution in [1.82, 2.24) is 10.2 Å². The van der Waals surface area contributed by atoms with Crippen LogP contribution in [0.15, 0.2) is 48.7 Å². The van der Waals surface area contributed by atoms with Crippen molar-refractivity contribution in [2.45, 2.75) is 25.5 Å². The number of amides is 1. The molecule has 0 radical (unpaired) electrons. The van der Waals surface area contributed by atoms with Crippen LogP contribution in [0.3, 0.4) is 0 Å². The predicted molar refractivity (Wildman–Crippen MR) is 105 cm³/mol. The van der Waals surface area contributed by atoms with Crippen LogP contribution in [-0.4, -0.2) is 35.0 Å². The summed E-state index contributed by atoms with van der Waals surface area (Å²) < 4.78 is 0. The van der Waals surface area contributed by atoms with Gasteiger partial charge in [0.15, 0.2) is 12.1 Å². The standard InChI is InChI=1S/C20H21N3O2S/c1-5-12(2)13-7-6-8-14(11-13)15-9-10-16(26-15)20(3)17(24)18(25)23(4)19(21)22-20/h6-11,17,24H,1H2,2-4H3,(H2,21,22)/t17-,20+/m0/s1. The van der Waals surface area contributed by atoms with Crippen LogP contribution in [0.25, 0.3) is 16.0 Å². The van der Waals surface area contributed by atoms with E-state index in [-0.39, 0.29) is 5.96 Å². The van der Waals surface area contributed by atoms with Gasteiger partial charge in [-0.25, -0.2) is 0 Å². The molecule has 5 nitrogen and oxygen atoms in total. The minimum atomic E-state index is -1.26. The molecule has 0 bridgehead atoms. The lowest BCUT2D eigenvalue weighted by atomic mass is 9.90. The van der Waals surface area contributed by atoms with Crippen LogP contribution >= 0.6 is 11.3 Å². The maximum Gasteiger partial charge on any atom is 0.260 e. The quantitative estimate of drug-likeness (QED) is 0.729. The molecule has 1 amide bonds. The smallest absolute Gasteiger partial charge is 0.260 e. The number of benzene rings is 1. The van der Waals surface area contributed by atoms with E-state index in [1.165, 1.54) is 18.4 Å². The Balaban J connectivity index is 1.99. The van der Waals surface area contributed by atoms with E-state index in [1.807, 2.05) is 37.3 Å². The Bertz CT molecular complexity index is 942. The van der Waals surface area contributed by atoms with E-state index in [9.17, 15) is 9.90 Å². The van der Waals surface area contributed by atoms with Crippen molar-refractivity contribution in [3.8, 4) is 10.4 Å². The third kappa shape index (κ3) is 2.88. The monoisotopic (exact) mass is 367 g/mol. The number of guanidine groups is 1. The van der Waals surface area contributed by atoms with Gasteiger partial charge in [0.25, 0.3) is 5.91 Å². The lowest BCUT2D eigenvalue weighted by Gasteiger charge is -2.42. The molecule has 3 N–H and O–H groups in total. The molecule has 1 aliphatic heterocycles. The average molecular weight is 367 g/mol. The first-order valence-corrected chi connectivity index (χ1v) is 8.99. The zero-order valence-electron chi connectivity index (χ0n) is 15.0. The molecule has 0 unspecified atom stereocenters. The van der Waals surface area contributed by atoms with Crippen molar-refractivity contribution in [1.29, 1.82) is 5.41 Å². The van der Waals surface area contributed by atoms with Gasteiger partial charge in [-0.1, -0.05) is 24.8 Å². The van der Waals surface area contributed by atoms with Gasteiger partial charge in [0.2, 0.25) is 0 Å². The minimum absolute atomic E-state index is 0.0218. The maximum absolute atomic E-state index is 12.2. The number of aliphatic hydroxyl groups excluding tert-OH is 1. The predicted octanol–water partition coefficient (Wildman–Crippen LogP) is 3.18. The summed E-state index contributed by atoms with van der Waals surface area (Å²) in [6.07, 6.45) is -1.26. The fourth-order valence-electron chi connectivity index (χ4n) is 2.92. The van der Waals surface area contributed by atoms with Crippen molar-refractivity contribution in [2.75, 3.05) is 7.05 Å². The van der Waals surface area contributed by atoms with E-state index in [4.69, 9.17) is 5.41 Å². The molecular formula is C20H21N3O2S. The number of carbonyl (C=O) groups excluding carboxylic acids is 1. The lowest BCUT2D eigenvalue weighted by Crippen LogP contribution is -2.66. The molecule has 1 saturated heterocycles. The molecule has 1 aromatic carbocycles. The largest absolute Gasteiger partial charge is 0.380 e. The maximum atomic E-state index is 12.2. The molecule has 1 fully saturated rings. The summed E-state index contributed by atoms with van der Waals surface area (Å²) in [5, 5.41) is 21.4. The molecule has 134 valence electrons. The SMILES string of the molecule is C=C=C(C)c1cccc(-c2ccc([C@@]3(C)NC(=N)N(C)C(=O)[C@@H]3O)s2)c1. The van der Waals surface area contributed by atoms with E-state index in [1.54, 1.807) is 6.92 Å². The van der Waals surface area contributed by atoms with Gasteiger partial charge < -0.3 is 10.4 Å². The van der Waals surface area contributed by atoms with Gasteiger partial charge in [-0.2, -0.15) is 0 Å². The molecule has 0 spiro atoms. The molecule has 1 aliphatic rings. The van der Waals surface area contributed by atoms with Crippen molar-refractivity contribution in [2.24, 2.45) is 0 Å². The minimum Gasteiger partial charge on any atom is -0.380 e. The highest BCUT2D eigenvalue weighted by Gasteiger charge is 2.47. The number of hydrogen-bond donors (Lipinski definition) is 3. The summed E-state index contributed by atoms with van der Waals surface area (Å²) in [5.74, 6) is -0.508.